The number of carbonyl (C=O) groups is 1. The molecule has 0 unspecified atom stereocenters. The summed E-state index contributed by atoms with van der Waals surface area (Å²) in [5.74, 6) is -0.611. The average molecular weight is 376 g/mol. The number of amides is 1. The summed E-state index contributed by atoms with van der Waals surface area (Å²) in [6.07, 6.45) is 1.64. The van der Waals surface area contributed by atoms with Crippen LogP contribution in [-0.4, -0.2) is 55.1 Å². The fourth-order valence-corrected chi connectivity index (χ4v) is 4.03. The number of morpholine rings is 1. The zero-order valence-corrected chi connectivity index (χ0v) is 14.5. The standard InChI is InChI=1S/C16H16N4O5S/c21-16(18-12-1-2-13-11(9-12)10-17-19-13)14-3-4-15(25-14)26(22,23)20-5-7-24-8-6-20/h1-4,9-10H,5-8H2,(H,17,19)(H,18,21). The van der Waals surface area contributed by atoms with Crippen molar-refractivity contribution in [2.75, 3.05) is 31.6 Å². The van der Waals surface area contributed by atoms with E-state index in [1.165, 1.54) is 16.4 Å². The van der Waals surface area contributed by atoms with Crippen LogP contribution in [0.15, 0.2) is 46.0 Å². The molecular formula is C16H16N4O5S. The normalized spacial score (nSPS) is 16.0. The van der Waals surface area contributed by atoms with Crippen molar-refractivity contribution in [2.24, 2.45) is 0 Å². The van der Waals surface area contributed by atoms with Gasteiger partial charge in [0.2, 0.25) is 5.09 Å². The maximum absolute atomic E-state index is 12.5. The molecule has 4 rings (SSSR count). The zero-order valence-electron chi connectivity index (χ0n) is 13.6. The van der Waals surface area contributed by atoms with E-state index in [1.54, 1.807) is 24.4 Å². The molecule has 0 spiro atoms. The van der Waals surface area contributed by atoms with Crippen LogP contribution in [0.3, 0.4) is 0 Å². The van der Waals surface area contributed by atoms with Gasteiger partial charge in [-0.3, -0.25) is 9.89 Å². The van der Waals surface area contributed by atoms with Gasteiger partial charge in [-0.2, -0.15) is 9.40 Å². The molecule has 1 amide bonds. The van der Waals surface area contributed by atoms with Gasteiger partial charge in [0.1, 0.15) is 0 Å². The lowest BCUT2D eigenvalue weighted by Crippen LogP contribution is -2.40. The Morgan fingerprint density at radius 3 is 2.81 bits per heavy atom. The molecule has 1 saturated heterocycles. The molecule has 0 atom stereocenters. The third-order valence-electron chi connectivity index (χ3n) is 4.07. The van der Waals surface area contributed by atoms with E-state index < -0.39 is 15.9 Å². The Kier molecular flexibility index (Phi) is 4.23. The first-order chi connectivity index (χ1) is 12.5. The first-order valence-electron chi connectivity index (χ1n) is 7.96. The van der Waals surface area contributed by atoms with Crippen LogP contribution in [0, 0.1) is 0 Å². The van der Waals surface area contributed by atoms with Crippen molar-refractivity contribution >= 4 is 32.5 Å². The number of hydrogen-bond acceptors (Lipinski definition) is 6. The van der Waals surface area contributed by atoms with E-state index in [0.29, 0.717) is 18.9 Å². The van der Waals surface area contributed by atoms with Gasteiger partial charge >= 0.3 is 0 Å². The molecule has 136 valence electrons. The molecule has 10 heteroatoms. The number of ether oxygens (including phenoxy) is 1. The van der Waals surface area contributed by atoms with E-state index in [1.807, 2.05) is 0 Å². The van der Waals surface area contributed by atoms with Crippen molar-refractivity contribution in [1.82, 2.24) is 14.5 Å². The number of H-pyrrole nitrogens is 1. The average Bonchev–Trinajstić information content (AvgIpc) is 3.32. The SMILES string of the molecule is O=C(Nc1ccc2[nH]ncc2c1)c1ccc(S(=O)(=O)N2CCOCC2)o1. The van der Waals surface area contributed by atoms with Gasteiger partial charge in [-0.1, -0.05) is 0 Å². The summed E-state index contributed by atoms with van der Waals surface area (Å²) in [4.78, 5) is 12.3. The summed E-state index contributed by atoms with van der Waals surface area (Å²) in [5, 5.41) is 10.0. The van der Waals surface area contributed by atoms with Crippen LogP contribution in [0.25, 0.3) is 10.9 Å². The number of aromatic amines is 1. The minimum Gasteiger partial charge on any atom is -0.438 e. The maximum atomic E-state index is 12.5. The molecule has 0 bridgehead atoms. The van der Waals surface area contributed by atoms with Crippen LogP contribution in [0.5, 0.6) is 0 Å². The Morgan fingerprint density at radius 2 is 2.00 bits per heavy atom. The minimum absolute atomic E-state index is 0.0795. The third kappa shape index (κ3) is 3.09. The van der Waals surface area contributed by atoms with Gasteiger partial charge in [0.05, 0.1) is 24.9 Å². The van der Waals surface area contributed by atoms with Crippen LogP contribution < -0.4 is 5.32 Å². The van der Waals surface area contributed by atoms with Crippen molar-refractivity contribution in [3.63, 3.8) is 0 Å². The molecular weight excluding hydrogens is 360 g/mol. The molecule has 0 saturated carbocycles. The number of nitrogens with zero attached hydrogens (tertiary/aromatic N) is 2. The Labute approximate surface area is 149 Å². The smallest absolute Gasteiger partial charge is 0.291 e. The van der Waals surface area contributed by atoms with Gasteiger partial charge in [-0.05, 0) is 30.3 Å². The fourth-order valence-electron chi connectivity index (χ4n) is 2.71. The molecule has 3 heterocycles. The Hall–Kier alpha value is -2.69. The van der Waals surface area contributed by atoms with E-state index in [-0.39, 0.29) is 23.9 Å². The monoisotopic (exact) mass is 376 g/mol. The largest absolute Gasteiger partial charge is 0.438 e. The minimum atomic E-state index is -3.77. The third-order valence-corrected chi connectivity index (χ3v) is 5.84. The lowest BCUT2D eigenvalue weighted by atomic mass is 10.2. The van der Waals surface area contributed by atoms with Crippen molar-refractivity contribution < 1.29 is 22.4 Å². The van der Waals surface area contributed by atoms with Crippen LogP contribution in [0.4, 0.5) is 5.69 Å². The highest BCUT2D eigenvalue weighted by Gasteiger charge is 2.30. The number of hydrogen-bond donors (Lipinski definition) is 2. The number of benzene rings is 1. The number of furan rings is 1. The summed E-state index contributed by atoms with van der Waals surface area (Å²) in [5.41, 5.74) is 1.40. The summed E-state index contributed by atoms with van der Waals surface area (Å²) in [7, 11) is -3.77. The van der Waals surface area contributed by atoms with E-state index in [2.05, 4.69) is 15.5 Å². The molecule has 1 fully saturated rings. The van der Waals surface area contributed by atoms with E-state index in [4.69, 9.17) is 9.15 Å². The number of rotatable bonds is 4. The molecule has 2 N–H and O–H groups in total. The number of anilines is 1. The Bertz CT molecular complexity index is 1050. The number of sulfonamides is 1. The zero-order chi connectivity index (χ0) is 18.1. The van der Waals surface area contributed by atoms with Gasteiger partial charge < -0.3 is 14.5 Å². The van der Waals surface area contributed by atoms with E-state index >= 15 is 0 Å². The molecule has 0 aliphatic carbocycles. The highest BCUT2D eigenvalue weighted by Crippen LogP contribution is 2.22. The first kappa shape index (κ1) is 16.8. The van der Waals surface area contributed by atoms with Crippen LogP contribution >= 0.6 is 0 Å². The van der Waals surface area contributed by atoms with Crippen molar-refractivity contribution in [3.8, 4) is 0 Å². The molecule has 1 aliphatic heterocycles. The summed E-state index contributed by atoms with van der Waals surface area (Å²) in [6, 6.07) is 7.89. The Balaban J connectivity index is 1.52. The van der Waals surface area contributed by atoms with Crippen molar-refractivity contribution in [3.05, 3.63) is 42.3 Å². The van der Waals surface area contributed by atoms with Crippen LogP contribution in [0.2, 0.25) is 0 Å². The number of aromatic nitrogens is 2. The van der Waals surface area contributed by atoms with Gasteiger partial charge in [0, 0.05) is 24.2 Å². The highest BCUT2D eigenvalue weighted by molar-refractivity contribution is 7.89. The van der Waals surface area contributed by atoms with Crippen LogP contribution in [-0.2, 0) is 14.8 Å². The topological polar surface area (TPSA) is 118 Å². The fraction of sp³-hybridized carbons (Fsp3) is 0.250. The number of carbonyl (C=O) groups excluding carboxylic acids is 1. The number of nitrogens with one attached hydrogen (secondary N) is 2. The number of fused-ring (bicyclic) bond motifs is 1. The Morgan fingerprint density at radius 1 is 1.19 bits per heavy atom. The quantitative estimate of drug-likeness (QED) is 0.711. The van der Waals surface area contributed by atoms with Gasteiger partial charge in [-0.15, -0.1) is 0 Å². The van der Waals surface area contributed by atoms with E-state index in [9.17, 15) is 13.2 Å². The van der Waals surface area contributed by atoms with Gasteiger partial charge in [0.25, 0.3) is 15.9 Å². The predicted octanol–water partition coefficient (Wildman–Crippen LogP) is 1.43. The maximum Gasteiger partial charge on any atom is 0.291 e. The van der Waals surface area contributed by atoms with Crippen molar-refractivity contribution in [1.29, 1.82) is 0 Å². The molecule has 0 radical (unpaired) electrons. The second kappa shape index (κ2) is 6.56. The molecule has 26 heavy (non-hydrogen) atoms. The summed E-state index contributed by atoms with van der Waals surface area (Å²) < 4.78 is 36.8. The molecule has 2 aromatic heterocycles. The highest BCUT2D eigenvalue weighted by atomic mass is 32.2. The van der Waals surface area contributed by atoms with Crippen LogP contribution in [0.1, 0.15) is 10.6 Å². The second-order valence-electron chi connectivity index (χ2n) is 5.76. The van der Waals surface area contributed by atoms with Gasteiger partial charge in [0.15, 0.2) is 5.76 Å². The first-order valence-corrected chi connectivity index (χ1v) is 9.40. The lowest BCUT2D eigenvalue weighted by Gasteiger charge is -2.24. The molecule has 1 aromatic carbocycles. The molecule has 1 aliphatic rings. The lowest BCUT2D eigenvalue weighted by molar-refractivity contribution is 0.0723. The molecule has 3 aromatic rings. The predicted molar refractivity (Wildman–Crippen MR) is 92.3 cm³/mol. The van der Waals surface area contributed by atoms with E-state index in [0.717, 1.165) is 10.9 Å². The summed E-state index contributed by atoms with van der Waals surface area (Å²) >= 11 is 0. The van der Waals surface area contributed by atoms with Crippen molar-refractivity contribution in [2.45, 2.75) is 5.09 Å². The van der Waals surface area contributed by atoms with Gasteiger partial charge in [-0.25, -0.2) is 8.42 Å². The summed E-state index contributed by atoms with van der Waals surface area (Å²) in [6.45, 7) is 1.19. The second-order valence-corrected chi connectivity index (χ2v) is 7.63. The molecule has 9 nitrogen and oxygen atoms in total.